The topological polar surface area (TPSA) is 137 Å². The number of primary sulfonamides is 1. The summed E-state index contributed by atoms with van der Waals surface area (Å²) >= 11 is 0. The number of hydrogen-bond acceptors (Lipinski definition) is 7. The number of sulfonamides is 1. The minimum atomic E-state index is -3.81. The van der Waals surface area contributed by atoms with E-state index in [1.807, 2.05) is 17.2 Å². The molecule has 0 spiro atoms. The van der Waals surface area contributed by atoms with E-state index in [1.54, 1.807) is 12.4 Å². The van der Waals surface area contributed by atoms with Gasteiger partial charge in [-0.25, -0.2) is 23.5 Å². The summed E-state index contributed by atoms with van der Waals surface area (Å²) in [4.78, 5) is 28.3. The third-order valence-corrected chi connectivity index (χ3v) is 5.73. The first-order valence-electron chi connectivity index (χ1n) is 9.08. The van der Waals surface area contributed by atoms with Gasteiger partial charge in [0.15, 0.2) is 0 Å². The highest BCUT2D eigenvalue weighted by atomic mass is 32.2. The summed E-state index contributed by atoms with van der Waals surface area (Å²) in [5, 5.41) is 8.84. The molecule has 0 bridgehead atoms. The molecule has 1 aliphatic heterocycles. The third kappa shape index (κ3) is 4.36. The van der Waals surface area contributed by atoms with Crippen molar-refractivity contribution >= 4 is 38.5 Å². The van der Waals surface area contributed by atoms with Crippen molar-refractivity contribution in [1.82, 2.24) is 19.9 Å². The fourth-order valence-electron chi connectivity index (χ4n) is 3.38. The number of nitrogens with one attached hydrogen (secondary N) is 2. The van der Waals surface area contributed by atoms with Gasteiger partial charge in [-0.05, 0) is 24.3 Å². The molecule has 11 heteroatoms. The Morgan fingerprint density at radius 3 is 2.72 bits per heavy atom. The second kappa shape index (κ2) is 7.78. The van der Waals surface area contributed by atoms with Crippen LogP contribution in [0.1, 0.15) is 0 Å². The van der Waals surface area contributed by atoms with Gasteiger partial charge in [-0.15, -0.1) is 0 Å². The average Bonchev–Trinajstić information content (AvgIpc) is 3.17. The number of aromatic amines is 1. The monoisotopic (exact) mass is 415 g/mol. The van der Waals surface area contributed by atoms with Crippen LogP contribution in [0.5, 0.6) is 0 Å². The van der Waals surface area contributed by atoms with Gasteiger partial charge in [-0.2, -0.15) is 0 Å². The summed E-state index contributed by atoms with van der Waals surface area (Å²) in [6, 6.07) is 7.86. The molecule has 10 nitrogen and oxygen atoms in total. The predicted molar refractivity (Wildman–Crippen MR) is 109 cm³/mol. The predicted octanol–water partition coefficient (Wildman–Crippen LogP) is 0.366. The molecule has 29 heavy (non-hydrogen) atoms. The number of rotatable bonds is 5. The maximum atomic E-state index is 12.4. The molecule has 4 rings (SSSR count). The van der Waals surface area contributed by atoms with Crippen LogP contribution in [-0.2, 0) is 14.8 Å². The zero-order valence-electron chi connectivity index (χ0n) is 15.6. The summed E-state index contributed by atoms with van der Waals surface area (Å²) < 4.78 is 22.9. The number of hydrogen-bond donors (Lipinski definition) is 3. The van der Waals surface area contributed by atoms with E-state index in [-0.39, 0.29) is 17.3 Å². The molecule has 1 fully saturated rings. The van der Waals surface area contributed by atoms with Crippen molar-refractivity contribution in [1.29, 1.82) is 0 Å². The van der Waals surface area contributed by atoms with E-state index >= 15 is 0 Å². The van der Waals surface area contributed by atoms with E-state index in [2.05, 4.69) is 25.2 Å². The Hall–Kier alpha value is -3.02. The number of nitrogens with two attached hydrogens (primary N) is 1. The minimum Gasteiger partial charge on any atom is -0.353 e. The number of anilines is 2. The molecule has 0 radical (unpaired) electrons. The van der Waals surface area contributed by atoms with Gasteiger partial charge in [0, 0.05) is 38.1 Å². The first-order chi connectivity index (χ1) is 13.9. The van der Waals surface area contributed by atoms with Crippen LogP contribution in [0.25, 0.3) is 11.0 Å². The van der Waals surface area contributed by atoms with Crippen LogP contribution in [0.4, 0.5) is 11.5 Å². The highest BCUT2D eigenvalue weighted by Crippen LogP contribution is 2.23. The molecule has 1 aliphatic rings. The number of aromatic nitrogens is 3. The van der Waals surface area contributed by atoms with E-state index < -0.39 is 10.0 Å². The van der Waals surface area contributed by atoms with E-state index in [1.165, 1.54) is 18.2 Å². The fraction of sp³-hybridized carbons (Fsp3) is 0.278. The molecule has 1 aromatic carbocycles. The lowest BCUT2D eigenvalue weighted by molar-refractivity contribution is -0.117. The number of amides is 1. The molecule has 0 aliphatic carbocycles. The molecule has 4 N–H and O–H groups in total. The molecule has 1 amide bonds. The van der Waals surface area contributed by atoms with Crippen LogP contribution in [0.2, 0.25) is 0 Å². The number of fused-ring (bicyclic) bond motifs is 1. The highest BCUT2D eigenvalue weighted by molar-refractivity contribution is 7.89. The van der Waals surface area contributed by atoms with Crippen molar-refractivity contribution < 1.29 is 13.2 Å². The molecular formula is C18H21N7O3S. The van der Waals surface area contributed by atoms with Crippen molar-refractivity contribution in [2.75, 3.05) is 42.9 Å². The molecule has 152 valence electrons. The van der Waals surface area contributed by atoms with Crippen molar-refractivity contribution in [3.8, 4) is 0 Å². The first-order valence-corrected chi connectivity index (χ1v) is 10.6. The normalized spacial score (nSPS) is 15.6. The Labute approximate surface area is 167 Å². The zero-order valence-corrected chi connectivity index (χ0v) is 16.4. The number of H-pyrrole nitrogens is 1. The summed E-state index contributed by atoms with van der Waals surface area (Å²) in [5.41, 5.74) is 1.20. The zero-order chi connectivity index (χ0) is 20.4. The maximum Gasteiger partial charge on any atom is 0.238 e. The molecule has 3 heterocycles. The van der Waals surface area contributed by atoms with Crippen LogP contribution in [-0.4, -0.2) is 66.9 Å². The Bertz CT molecular complexity index is 1140. The van der Waals surface area contributed by atoms with Gasteiger partial charge >= 0.3 is 0 Å². The van der Waals surface area contributed by atoms with Gasteiger partial charge in [0.2, 0.25) is 15.9 Å². The second-order valence-electron chi connectivity index (χ2n) is 6.82. The number of piperazine rings is 1. The van der Waals surface area contributed by atoms with Gasteiger partial charge in [-0.1, -0.05) is 6.07 Å². The first kappa shape index (κ1) is 19.3. The van der Waals surface area contributed by atoms with Gasteiger partial charge in [-0.3, -0.25) is 9.69 Å². The molecule has 0 atom stereocenters. The second-order valence-corrected chi connectivity index (χ2v) is 8.38. The highest BCUT2D eigenvalue weighted by Gasteiger charge is 2.22. The summed E-state index contributed by atoms with van der Waals surface area (Å²) in [6.45, 7) is 3.12. The Morgan fingerprint density at radius 1 is 1.17 bits per heavy atom. The lowest BCUT2D eigenvalue weighted by Gasteiger charge is -2.35. The Balaban J connectivity index is 1.34. The lowest BCUT2D eigenvalue weighted by atomic mass is 10.2. The maximum absolute atomic E-state index is 12.4. The Morgan fingerprint density at radius 2 is 1.97 bits per heavy atom. The van der Waals surface area contributed by atoms with E-state index in [4.69, 9.17) is 5.14 Å². The number of carbonyl (C=O) groups is 1. The van der Waals surface area contributed by atoms with Gasteiger partial charge in [0.1, 0.15) is 17.8 Å². The van der Waals surface area contributed by atoms with Crippen LogP contribution in [0, 0.1) is 0 Å². The quantitative estimate of drug-likeness (QED) is 0.547. The molecule has 3 aromatic rings. The summed E-state index contributed by atoms with van der Waals surface area (Å²) in [5.74, 6) is 0.681. The van der Waals surface area contributed by atoms with E-state index in [0.29, 0.717) is 18.8 Å². The van der Waals surface area contributed by atoms with Crippen LogP contribution in [0.3, 0.4) is 0 Å². The van der Waals surface area contributed by atoms with Gasteiger partial charge in [0.05, 0.1) is 16.8 Å². The molecule has 0 unspecified atom stereocenters. The van der Waals surface area contributed by atoms with Crippen LogP contribution in [0.15, 0.2) is 47.8 Å². The smallest absolute Gasteiger partial charge is 0.238 e. The minimum absolute atomic E-state index is 0.0372. The van der Waals surface area contributed by atoms with Crippen LogP contribution < -0.4 is 15.4 Å². The average molecular weight is 415 g/mol. The van der Waals surface area contributed by atoms with Crippen molar-refractivity contribution in [3.63, 3.8) is 0 Å². The van der Waals surface area contributed by atoms with Crippen LogP contribution >= 0.6 is 0 Å². The summed E-state index contributed by atoms with van der Waals surface area (Å²) in [6.07, 6.45) is 3.39. The van der Waals surface area contributed by atoms with Gasteiger partial charge in [0.25, 0.3) is 0 Å². The van der Waals surface area contributed by atoms with Crippen molar-refractivity contribution in [2.24, 2.45) is 5.14 Å². The van der Waals surface area contributed by atoms with Gasteiger partial charge < -0.3 is 15.2 Å². The number of benzene rings is 1. The van der Waals surface area contributed by atoms with E-state index in [9.17, 15) is 13.2 Å². The number of nitrogens with zero attached hydrogens (tertiary/aromatic N) is 4. The molecule has 2 aromatic heterocycles. The summed E-state index contributed by atoms with van der Waals surface area (Å²) in [7, 11) is -3.81. The standard InChI is InChI=1S/C18H21N7O3S/c19-29(27,28)14-3-1-2-13(10-14)23-16(26)11-24-6-8-25(9-7-24)18-15-4-5-20-17(15)21-12-22-18/h1-5,10,12H,6-9,11H2,(H,23,26)(H2,19,27,28)(H,20,21,22). The molecular weight excluding hydrogens is 394 g/mol. The number of carbonyl (C=O) groups excluding carboxylic acids is 1. The largest absolute Gasteiger partial charge is 0.353 e. The third-order valence-electron chi connectivity index (χ3n) is 4.82. The molecule has 0 saturated carbocycles. The van der Waals surface area contributed by atoms with Crippen molar-refractivity contribution in [2.45, 2.75) is 4.90 Å². The lowest BCUT2D eigenvalue weighted by Crippen LogP contribution is -2.49. The molecule has 1 saturated heterocycles. The Kier molecular flexibility index (Phi) is 5.18. The SMILES string of the molecule is NS(=O)(=O)c1cccc(NC(=O)CN2CCN(c3ncnc4[nH]ccc34)CC2)c1. The van der Waals surface area contributed by atoms with E-state index in [0.717, 1.165) is 29.9 Å². The fourth-order valence-corrected chi connectivity index (χ4v) is 3.94. The van der Waals surface area contributed by atoms with Crippen molar-refractivity contribution in [3.05, 3.63) is 42.9 Å².